The standard InChI is InChI=1S/C32H29F3N2O2/c1-19-12-25-16-22(21-5-6-24-17-36-11-10-23(24)15-21)7-8-26(25)31(37(19)18-32(2,3)35)30-27(33)13-20(14-28(30)34)4-9-29(38)39/h4-11,13-17,19,31H,12,18H2,1-3H3,(H,38,39)/b9-4+. The number of halogens is 3. The molecule has 1 aliphatic rings. The largest absolute Gasteiger partial charge is 0.478 e. The molecule has 0 aliphatic carbocycles. The summed E-state index contributed by atoms with van der Waals surface area (Å²) >= 11 is 0. The maximum absolute atomic E-state index is 15.6. The molecular formula is C32H29F3N2O2. The Morgan fingerprint density at radius 2 is 1.74 bits per heavy atom. The number of pyridine rings is 1. The summed E-state index contributed by atoms with van der Waals surface area (Å²) in [6, 6.07) is 15.1. The molecule has 3 aromatic carbocycles. The summed E-state index contributed by atoms with van der Waals surface area (Å²) in [6.07, 6.45) is 6.12. The van der Waals surface area contributed by atoms with Crippen LogP contribution in [0.4, 0.5) is 13.2 Å². The third-order valence-electron chi connectivity index (χ3n) is 7.18. The molecule has 4 aromatic rings. The normalized spacial score (nSPS) is 18.0. The first-order chi connectivity index (χ1) is 18.5. The lowest BCUT2D eigenvalue weighted by Gasteiger charge is -2.44. The molecule has 2 unspecified atom stereocenters. The number of alkyl halides is 1. The van der Waals surface area contributed by atoms with E-state index in [1.165, 1.54) is 13.8 Å². The SMILES string of the molecule is CC1Cc2cc(-c3ccc4cnccc4c3)ccc2C(c2c(F)cc(/C=C/C(=O)O)cc2F)N1CC(C)(C)F. The summed E-state index contributed by atoms with van der Waals surface area (Å²) in [7, 11) is 0. The van der Waals surface area contributed by atoms with E-state index in [1.54, 1.807) is 6.20 Å². The van der Waals surface area contributed by atoms with E-state index in [1.807, 2.05) is 48.4 Å². The van der Waals surface area contributed by atoms with Crippen LogP contribution in [0.2, 0.25) is 0 Å². The van der Waals surface area contributed by atoms with Gasteiger partial charge in [-0.25, -0.2) is 18.0 Å². The maximum Gasteiger partial charge on any atom is 0.328 e. The second-order valence-corrected chi connectivity index (χ2v) is 10.8. The predicted octanol–water partition coefficient (Wildman–Crippen LogP) is 7.36. The summed E-state index contributed by atoms with van der Waals surface area (Å²) in [4.78, 5) is 16.9. The molecule has 4 nitrogen and oxygen atoms in total. The minimum atomic E-state index is -1.60. The molecule has 7 heteroatoms. The highest BCUT2D eigenvalue weighted by Gasteiger charge is 2.39. The van der Waals surface area contributed by atoms with E-state index in [-0.39, 0.29) is 23.7 Å². The molecular weight excluding hydrogens is 501 g/mol. The Balaban J connectivity index is 1.63. The van der Waals surface area contributed by atoms with E-state index in [0.29, 0.717) is 6.42 Å². The van der Waals surface area contributed by atoms with Gasteiger partial charge in [-0.3, -0.25) is 9.88 Å². The fourth-order valence-electron chi connectivity index (χ4n) is 5.49. The molecule has 0 radical (unpaired) electrons. The zero-order valence-electron chi connectivity index (χ0n) is 22.0. The summed E-state index contributed by atoms with van der Waals surface area (Å²) in [6.45, 7) is 4.84. The Morgan fingerprint density at radius 3 is 2.44 bits per heavy atom. The zero-order valence-corrected chi connectivity index (χ0v) is 22.0. The zero-order chi connectivity index (χ0) is 27.9. The molecule has 39 heavy (non-hydrogen) atoms. The third kappa shape index (κ3) is 5.59. The minimum absolute atomic E-state index is 0.0156. The van der Waals surface area contributed by atoms with Crippen LogP contribution in [0.1, 0.15) is 49.1 Å². The molecule has 1 aliphatic heterocycles. The highest BCUT2D eigenvalue weighted by molar-refractivity contribution is 5.87. The van der Waals surface area contributed by atoms with Crippen molar-refractivity contribution in [1.29, 1.82) is 0 Å². The van der Waals surface area contributed by atoms with Gasteiger partial charge in [-0.1, -0.05) is 30.3 Å². The summed E-state index contributed by atoms with van der Waals surface area (Å²) < 4.78 is 46.2. The first kappa shape index (κ1) is 26.6. The summed E-state index contributed by atoms with van der Waals surface area (Å²) in [5, 5.41) is 11.0. The van der Waals surface area contributed by atoms with Crippen molar-refractivity contribution in [1.82, 2.24) is 9.88 Å². The second kappa shape index (κ2) is 10.3. The number of rotatable bonds is 6. The number of aromatic nitrogens is 1. The molecule has 2 heterocycles. The number of nitrogens with zero attached hydrogens (tertiary/aromatic N) is 2. The Morgan fingerprint density at radius 1 is 1.05 bits per heavy atom. The van der Waals surface area contributed by atoms with Gasteiger partial charge < -0.3 is 5.11 Å². The maximum atomic E-state index is 15.6. The van der Waals surface area contributed by atoms with Crippen LogP contribution >= 0.6 is 0 Å². The van der Waals surface area contributed by atoms with Crippen LogP contribution in [-0.2, 0) is 11.2 Å². The van der Waals surface area contributed by atoms with Gasteiger partial charge in [0, 0.05) is 42.0 Å². The van der Waals surface area contributed by atoms with E-state index >= 15 is 8.78 Å². The van der Waals surface area contributed by atoms with Crippen LogP contribution < -0.4 is 0 Å². The molecule has 0 amide bonds. The second-order valence-electron chi connectivity index (χ2n) is 10.8. The first-order valence-corrected chi connectivity index (χ1v) is 12.8. The van der Waals surface area contributed by atoms with Gasteiger partial charge >= 0.3 is 5.97 Å². The average Bonchev–Trinajstić information content (AvgIpc) is 2.87. The van der Waals surface area contributed by atoms with Crippen molar-refractivity contribution in [2.24, 2.45) is 0 Å². The van der Waals surface area contributed by atoms with E-state index in [0.717, 1.165) is 57.3 Å². The summed E-state index contributed by atoms with van der Waals surface area (Å²) in [5.41, 5.74) is 1.98. The smallest absolute Gasteiger partial charge is 0.328 e. The molecule has 5 rings (SSSR count). The Hall–Kier alpha value is -3.97. The third-order valence-corrected chi connectivity index (χ3v) is 7.18. The van der Waals surface area contributed by atoms with Crippen LogP contribution in [0.15, 0.2) is 73.1 Å². The van der Waals surface area contributed by atoms with Crippen LogP contribution in [0.5, 0.6) is 0 Å². The van der Waals surface area contributed by atoms with Crippen molar-refractivity contribution < 1.29 is 23.1 Å². The number of benzene rings is 3. The minimum Gasteiger partial charge on any atom is -0.478 e. The monoisotopic (exact) mass is 530 g/mol. The fourth-order valence-corrected chi connectivity index (χ4v) is 5.49. The lowest BCUT2D eigenvalue weighted by Crippen LogP contribution is -2.48. The van der Waals surface area contributed by atoms with Crippen molar-refractivity contribution in [3.8, 4) is 11.1 Å². The fraction of sp³-hybridized carbons (Fsp3) is 0.250. The topological polar surface area (TPSA) is 53.4 Å². The van der Waals surface area contributed by atoms with E-state index < -0.39 is 29.3 Å². The summed E-state index contributed by atoms with van der Waals surface area (Å²) in [5.74, 6) is -2.83. The van der Waals surface area contributed by atoms with E-state index in [9.17, 15) is 9.18 Å². The Bertz CT molecular complexity index is 1570. The van der Waals surface area contributed by atoms with Gasteiger partial charge in [0.05, 0.1) is 6.04 Å². The van der Waals surface area contributed by atoms with Gasteiger partial charge in [-0.05, 0) is 90.7 Å². The molecule has 200 valence electrons. The molecule has 2 atom stereocenters. The lowest BCUT2D eigenvalue weighted by molar-refractivity contribution is -0.131. The molecule has 0 saturated heterocycles. The average molecular weight is 531 g/mol. The molecule has 0 fully saturated rings. The van der Waals surface area contributed by atoms with Gasteiger partial charge in [0.2, 0.25) is 0 Å². The highest BCUT2D eigenvalue weighted by atomic mass is 19.1. The van der Waals surface area contributed by atoms with Crippen LogP contribution in [0.3, 0.4) is 0 Å². The Labute approximate surface area is 225 Å². The van der Waals surface area contributed by atoms with Crippen molar-refractivity contribution in [2.45, 2.75) is 44.9 Å². The molecule has 1 N–H and O–H groups in total. The Kier molecular flexibility index (Phi) is 7.03. The van der Waals surface area contributed by atoms with Gasteiger partial charge in [-0.2, -0.15) is 0 Å². The van der Waals surface area contributed by atoms with Gasteiger partial charge in [0.15, 0.2) is 0 Å². The number of hydrogen-bond acceptors (Lipinski definition) is 3. The van der Waals surface area contributed by atoms with Crippen LogP contribution in [-0.4, -0.2) is 39.2 Å². The van der Waals surface area contributed by atoms with Crippen LogP contribution in [0.25, 0.3) is 28.0 Å². The molecule has 0 saturated carbocycles. The number of hydrogen-bond donors (Lipinski definition) is 1. The van der Waals surface area contributed by atoms with Gasteiger partial charge in [-0.15, -0.1) is 0 Å². The van der Waals surface area contributed by atoms with Gasteiger partial charge in [0.1, 0.15) is 17.3 Å². The predicted molar refractivity (Wildman–Crippen MR) is 147 cm³/mol. The number of carboxylic acids is 1. The number of carboxylic acid groups (broad SMARTS) is 1. The lowest BCUT2D eigenvalue weighted by atomic mass is 9.82. The van der Waals surface area contributed by atoms with Gasteiger partial charge in [0.25, 0.3) is 0 Å². The number of carbonyl (C=O) groups is 1. The number of fused-ring (bicyclic) bond motifs is 2. The van der Waals surface area contributed by atoms with E-state index in [2.05, 4.69) is 17.1 Å². The molecule has 0 bridgehead atoms. The first-order valence-electron chi connectivity index (χ1n) is 12.8. The molecule has 1 aromatic heterocycles. The van der Waals surface area contributed by atoms with Crippen LogP contribution in [0, 0.1) is 11.6 Å². The molecule has 0 spiro atoms. The highest BCUT2D eigenvalue weighted by Crippen LogP contribution is 2.42. The van der Waals surface area contributed by atoms with Crippen molar-refractivity contribution >= 4 is 22.8 Å². The quantitative estimate of drug-likeness (QED) is 0.265. The van der Waals surface area contributed by atoms with Crippen molar-refractivity contribution in [3.05, 3.63) is 107 Å². The number of aliphatic carboxylic acids is 1. The van der Waals surface area contributed by atoms with E-state index in [4.69, 9.17) is 5.11 Å². The van der Waals surface area contributed by atoms with Crippen molar-refractivity contribution in [3.63, 3.8) is 0 Å². The van der Waals surface area contributed by atoms with Crippen molar-refractivity contribution in [2.75, 3.05) is 6.54 Å².